The summed E-state index contributed by atoms with van der Waals surface area (Å²) in [4.78, 5) is 35.8. The van der Waals surface area contributed by atoms with Crippen molar-refractivity contribution in [3.05, 3.63) is 0 Å². The number of unbranched alkanes of at least 4 members (excludes halogenated alkanes) is 1. The van der Waals surface area contributed by atoms with Gasteiger partial charge in [-0.3, -0.25) is 19.3 Å². The van der Waals surface area contributed by atoms with Crippen molar-refractivity contribution in [1.82, 2.24) is 10.2 Å². The van der Waals surface area contributed by atoms with Crippen molar-refractivity contribution >= 4 is 17.7 Å². The van der Waals surface area contributed by atoms with Crippen LogP contribution in [0.1, 0.15) is 73.6 Å². The molecule has 1 rings (SSSR count). The molecule has 0 aromatic heterocycles. The summed E-state index contributed by atoms with van der Waals surface area (Å²) in [5.74, 6) is -0.420. The van der Waals surface area contributed by atoms with Crippen molar-refractivity contribution in [3.63, 3.8) is 0 Å². The number of nitrogens with zero attached hydrogens (tertiary/aromatic N) is 1. The largest absolute Gasteiger partial charge is 0.356 e. The second-order valence-electron chi connectivity index (χ2n) is 4.80. The molecule has 22 heavy (non-hydrogen) atoms. The number of imide groups is 1. The molecule has 1 aliphatic heterocycles. The topological polar surface area (TPSA) is 66.5 Å². The third kappa shape index (κ3) is 8.80. The van der Waals surface area contributed by atoms with E-state index in [0.717, 1.165) is 12.8 Å². The normalized spacial score (nSPS) is 16.5. The molecule has 0 aliphatic carbocycles. The van der Waals surface area contributed by atoms with Crippen LogP contribution in [0.4, 0.5) is 0 Å². The lowest BCUT2D eigenvalue weighted by Gasteiger charge is -2.13. The van der Waals surface area contributed by atoms with Gasteiger partial charge in [0.15, 0.2) is 0 Å². The predicted molar refractivity (Wildman–Crippen MR) is 90.3 cm³/mol. The highest BCUT2D eigenvalue weighted by Crippen LogP contribution is 2.18. The maximum atomic E-state index is 11.6. The van der Waals surface area contributed by atoms with Gasteiger partial charge in [-0.2, -0.15) is 0 Å². The Balaban J connectivity index is 0. The maximum Gasteiger partial charge on any atom is 0.232 e. The molecule has 0 aromatic carbocycles. The van der Waals surface area contributed by atoms with Gasteiger partial charge in [-0.05, 0) is 12.8 Å². The van der Waals surface area contributed by atoms with Gasteiger partial charge in [0, 0.05) is 31.8 Å². The first-order valence-electron chi connectivity index (χ1n) is 8.67. The minimum absolute atomic E-state index is 0.00408. The molecular weight excluding hydrogens is 280 g/mol. The minimum Gasteiger partial charge on any atom is -0.356 e. The lowest BCUT2D eigenvalue weighted by atomic mass is 10.1. The van der Waals surface area contributed by atoms with Crippen LogP contribution in [0.15, 0.2) is 0 Å². The first-order chi connectivity index (χ1) is 10.6. The van der Waals surface area contributed by atoms with E-state index < -0.39 is 0 Å². The van der Waals surface area contributed by atoms with Crippen LogP contribution in [0.5, 0.6) is 0 Å². The molecule has 0 spiro atoms. The van der Waals surface area contributed by atoms with Gasteiger partial charge in [-0.1, -0.05) is 48.0 Å². The Hall–Kier alpha value is -1.39. The highest BCUT2D eigenvalue weighted by Gasteiger charge is 2.34. The number of likely N-dealkylation sites (tertiary alicyclic amines) is 1. The monoisotopic (exact) mass is 314 g/mol. The summed E-state index contributed by atoms with van der Waals surface area (Å²) >= 11 is 0. The molecule has 1 heterocycles. The molecule has 3 amide bonds. The van der Waals surface area contributed by atoms with Crippen molar-refractivity contribution in [2.45, 2.75) is 73.6 Å². The highest BCUT2D eigenvalue weighted by molar-refractivity contribution is 6.03. The van der Waals surface area contributed by atoms with Gasteiger partial charge in [0.2, 0.25) is 17.7 Å². The Morgan fingerprint density at radius 2 is 1.77 bits per heavy atom. The van der Waals surface area contributed by atoms with Gasteiger partial charge >= 0.3 is 0 Å². The summed E-state index contributed by atoms with van der Waals surface area (Å²) in [6.07, 6.45) is 3.25. The number of hydrogen-bond acceptors (Lipinski definition) is 3. The van der Waals surface area contributed by atoms with E-state index in [9.17, 15) is 14.4 Å². The maximum absolute atomic E-state index is 11.6. The summed E-state index contributed by atoms with van der Waals surface area (Å²) in [7, 11) is 0. The van der Waals surface area contributed by atoms with Crippen LogP contribution in [0.2, 0.25) is 0 Å². The van der Waals surface area contributed by atoms with Crippen LogP contribution >= 0.6 is 0 Å². The molecule has 1 atom stereocenters. The zero-order valence-corrected chi connectivity index (χ0v) is 15.2. The van der Waals surface area contributed by atoms with E-state index >= 15 is 0 Å². The fraction of sp³-hybridized carbons (Fsp3) is 0.824. The Bertz CT molecular complexity index is 330. The van der Waals surface area contributed by atoms with E-state index in [1.165, 1.54) is 4.90 Å². The molecule has 130 valence electrons. The summed E-state index contributed by atoms with van der Waals surface area (Å²) in [6, 6.07) is 0. The molecule has 0 saturated carbocycles. The van der Waals surface area contributed by atoms with E-state index in [1.54, 1.807) is 6.92 Å². The summed E-state index contributed by atoms with van der Waals surface area (Å²) in [5, 5.41) is 2.81. The fourth-order valence-electron chi connectivity index (χ4n) is 1.97. The van der Waals surface area contributed by atoms with E-state index in [1.807, 2.05) is 27.7 Å². The molecule has 5 nitrogen and oxygen atoms in total. The van der Waals surface area contributed by atoms with Gasteiger partial charge < -0.3 is 5.32 Å². The second-order valence-corrected chi connectivity index (χ2v) is 4.80. The number of carbonyl (C=O) groups is 3. The molecule has 1 fully saturated rings. The molecule has 1 N–H and O–H groups in total. The van der Waals surface area contributed by atoms with E-state index in [-0.39, 0.29) is 23.6 Å². The average molecular weight is 314 g/mol. The first kappa shape index (κ1) is 22.9. The number of nitrogens with one attached hydrogen (secondary N) is 1. The molecule has 5 heteroatoms. The van der Waals surface area contributed by atoms with Crippen molar-refractivity contribution in [3.8, 4) is 0 Å². The molecule has 0 radical (unpaired) electrons. The Kier molecular flexibility index (Phi) is 15.1. The molecule has 1 saturated heterocycles. The van der Waals surface area contributed by atoms with Crippen LogP contribution in [0.3, 0.4) is 0 Å². The van der Waals surface area contributed by atoms with Crippen LogP contribution in [0.25, 0.3) is 0 Å². The SMILES string of the molecule is CC.CC.CCCCNC(=O)CCCN1C(=O)CC(C)C1=O. The summed E-state index contributed by atoms with van der Waals surface area (Å²) in [6.45, 7) is 12.9. The quantitative estimate of drug-likeness (QED) is 0.580. The Morgan fingerprint density at radius 1 is 1.18 bits per heavy atom. The Morgan fingerprint density at radius 3 is 2.23 bits per heavy atom. The first-order valence-corrected chi connectivity index (χ1v) is 8.67. The average Bonchev–Trinajstić information content (AvgIpc) is 2.78. The molecular formula is C17H34N2O3. The van der Waals surface area contributed by atoms with E-state index in [0.29, 0.717) is 32.4 Å². The summed E-state index contributed by atoms with van der Waals surface area (Å²) < 4.78 is 0. The molecule has 0 bridgehead atoms. The third-order valence-corrected chi connectivity index (χ3v) is 3.11. The molecule has 0 aromatic rings. The lowest BCUT2D eigenvalue weighted by molar-refractivity contribution is -0.139. The van der Waals surface area contributed by atoms with Gasteiger partial charge in [0.25, 0.3) is 0 Å². The van der Waals surface area contributed by atoms with Crippen molar-refractivity contribution in [2.24, 2.45) is 5.92 Å². The van der Waals surface area contributed by atoms with Gasteiger partial charge in [0.05, 0.1) is 0 Å². The molecule has 1 unspecified atom stereocenters. The van der Waals surface area contributed by atoms with Crippen molar-refractivity contribution in [1.29, 1.82) is 0 Å². The standard InChI is InChI=1S/C13H22N2O3.2C2H6/c1-3-4-7-14-11(16)6-5-8-15-12(17)9-10(2)13(15)18;2*1-2/h10H,3-9H2,1-2H3,(H,14,16);2*1-2H3. The number of amides is 3. The van der Waals surface area contributed by atoms with Crippen LogP contribution < -0.4 is 5.32 Å². The second kappa shape index (κ2) is 14.5. The van der Waals surface area contributed by atoms with Gasteiger partial charge in [-0.25, -0.2) is 0 Å². The van der Waals surface area contributed by atoms with Crippen molar-refractivity contribution in [2.75, 3.05) is 13.1 Å². The predicted octanol–water partition coefficient (Wildman–Crippen LogP) is 3.13. The van der Waals surface area contributed by atoms with Crippen molar-refractivity contribution < 1.29 is 14.4 Å². The van der Waals surface area contributed by atoms with Crippen LogP contribution in [-0.4, -0.2) is 35.7 Å². The third-order valence-electron chi connectivity index (χ3n) is 3.11. The van der Waals surface area contributed by atoms with Crippen LogP contribution in [-0.2, 0) is 14.4 Å². The number of hydrogen-bond donors (Lipinski definition) is 1. The van der Waals surface area contributed by atoms with Gasteiger partial charge in [0.1, 0.15) is 0 Å². The molecule has 1 aliphatic rings. The number of rotatable bonds is 7. The van der Waals surface area contributed by atoms with Crippen LogP contribution in [0, 0.1) is 5.92 Å². The zero-order chi connectivity index (χ0) is 17.5. The summed E-state index contributed by atoms with van der Waals surface area (Å²) in [5.41, 5.74) is 0. The number of carbonyl (C=O) groups excluding carboxylic acids is 3. The Labute approximate surface area is 135 Å². The smallest absolute Gasteiger partial charge is 0.232 e. The fourth-order valence-corrected chi connectivity index (χ4v) is 1.97. The lowest BCUT2D eigenvalue weighted by Crippen LogP contribution is -2.32. The highest BCUT2D eigenvalue weighted by atomic mass is 16.2. The van der Waals surface area contributed by atoms with E-state index in [4.69, 9.17) is 0 Å². The van der Waals surface area contributed by atoms with Gasteiger partial charge in [-0.15, -0.1) is 0 Å². The van der Waals surface area contributed by atoms with E-state index in [2.05, 4.69) is 12.2 Å². The zero-order valence-electron chi connectivity index (χ0n) is 15.2. The minimum atomic E-state index is -0.198.